The molecule has 7 rings (SSSR count). The van der Waals surface area contributed by atoms with Crippen LogP contribution in [-0.2, 0) is 19.4 Å². The largest absolute Gasteiger partial charge is 0.382 e. The average Bonchev–Trinajstić information content (AvgIpc) is 3.55. The average molecular weight is 516 g/mol. The Labute approximate surface area is 228 Å². The maximum Gasteiger partial charge on any atom is 0.151 e. The molecule has 4 heterocycles. The summed E-state index contributed by atoms with van der Waals surface area (Å²) in [7, 11) is 0. The van der Waals surface area contributed by atoms with Crippen LogP contribution in [0, 0.1) is 0 Å². The van der Waals surface area contributed by atoms with Crippen LogP contribution in [0.3, 0.4) is 0 Å². The normalized spacial score (nSPS) is 17.2. The summed E-state index contributed by atoms with van der Waals surface area (Å²) < 4.78 is 4.02. The Bertz CT molecular complexity index is 1640. The smallest absolute Gasteiger partial charge is 0.151 e. The lowest BCUT2D eigenvalue weighted by Gasteiger charge is -2.23. The van der Waals surface area contributed by atoms with Gasteiger partial charge in [0.2, 0.25) is 0 Å². The number of piperidine rings is 1. The Balaban J connectivity index is 1.19. The number of fused-ring (bicyclic) bond motifs is 2. The molecule has 0 radical (unpaired) electrons. The monoisotopic (exact) mass is 515 g/mol. The second kappa shape index (κ2) is 10.2. The van der Waals surface area contributed by atoms with Gasteiger partial charge >= 0.3 is 0 Å². The van der Waals surface area contributed by atoms with Crippen molar-refractivity contribution < 1.29 is 0 Å². The number of rotatable bonds is 6. The molecule has 1 atom stereocenters. The maximum absolute atomic E-state index is 6.43. The van der Waals surface area contributed by atoms with Gasteiger partial charge in [-0.05, 0) is 78.1 Å². The molecule has 3 N–H and O–H groups in total. The third kappa shape index (κ3) is 4.74. The lowest BCUT2D eigenvalue weighted by Crippen LogP contribution is -2.28. The van der Waals surface area contributed by atoms with Gasteiger partial charge in [0, 0.05) is 30.4 Å². The number of nitrogens with two attached hydrogens (primary N) is 1. The summed E-state index contributed by atoms with van der Waals surface area (Å²) in [5, 5.41) is 13.0. The van der Waals surface area contributed by atoms with Gasteiger partial charge in [-0.2, -0.15) is 10.2 Å². The summed E-state index contributed by atoms with van der Waals surface area (Å²) in [4.78, 5) is 4.33. The van der Waals surface area contributed by atoms with Crippen molar-refractivity contribution in [1.82, 2.24) is 29.7 Å². The van der Waals surface area contributed by atoms with Gasteiger partial charge in [0.15, 0.2) is 5.82 Å². The van der Waals surface area contributed by atoms with Crippen LogP contribution in [0.2, 0.25) is 0 Å². The number of nitrogen functional groups attached to an aromatic ring is 1. The molecule has 1 saturated heterocycles. The second-order valence-corrected chi connectivity index (χ2v) is 10.8. The van der Waals surface area contributed by atoms with Crippen molar-refractivity contribution in [3.63, 3.8) is 0 Å². The Morgan fingerprint density at radius 1 is 1.00 bits per heavy atom. The lowest BCUT2D eigenvalue weighted by atomic mass is 9.90. The molecule has 2 aromatic carbocycles. The number of hydrogen-bond donors (Lipinski definition) is 2. The van der Waals surface area contributed by atoms with Crippen molar-refractivity contribution in [1.29, 1.82) is 0 Å². The van der Waals surface area contributed by atoms with Crippen molar-refractivity contribution in [2.24, 2.45) is 0 Å². The van der Waals surface area contributed by atoms with Gasteiger partial charge in [0.1, 0.15) is 11.8 Å². The van der Waals surface area contributed by atoms with Crippen LogP contribution in [0.1, 0.15) is 64.4 Å². The molecule has 2 aliphatic rings. The molecule has 0 bridgehead atoms. The minimum atomic E-state index is 0.507. The zero-order valence-corrected chi connectivity index (χ0v) is 22.1. The molecular weight excluding hydrogens is 482 g/mol. The highest BCUT2D eigenvalue weighted by atomic mass is 15.3. The molecular formula is C32H33N7. The van der Waals surface area contributed by atoms with Crippen LogP contribution in [0.15, 0.2) is 73.2 Å². The van der Waals surface area contributed by atoms with Crippen molar-refractivity contribution in [2.75, 3.05) is 18.8 Å². The molecule has 196 valence electrons. The van der Waals surface area contributed by atoms with E-state index in [9.17, 15) is 0 Å². The van der Waals surface area contributed by atoms with Crippen LogP contribution in [0.25, 0.3) is 17.2 Å². The predicted octanol–water partition coefficient (Wildman–Crippen LogP) is 5.10. The number of hydrogen-bond acceptors (Lipinski definition) is 5. The summed E-state index contributed by atoms with van der Waals surface area (Å²) in [6, 6.07) is 21.8. The van der Waals surface area contributed by atoms with Gasteiger partial charge in [-0.15, -0.1) is 0 Å². The Morgan fingerprint density at radius 3 is 2.69 bits per heavy atom. The van der Waals surface area contributed by atoms with Gasteiger partial charge in [-0.3, -0.25) is 4.68 Å². The Morgan fingerprint density at radius 2 is 1.87 bits per heavy atom. The molecule has 3 aromatic heterocycles. The van der Waals surface area contributed by atoms with E-state index in [-0.39, 0.29) is 0 Å². The van der Waals surface area contributed by atoms with Crippen LogP contribution in [0.5, 0.6) is 0 Å². The van der Waals surface area contributed by atoms with E-state index in [1.807, 2.05) is 15.3 Å². The molecule has 5 aromatic rings. The second-order valence-electron chi connectivity index (χ2n) is 10.8. The van der Waals surface area contributed by atoms with Gasteiger partial charge in [-0.25, -0.2) is 9.50 Å². The molecule has 1 fully saturated rings. The van der Waals surface area contributed by atoms with Gasteiger partial charge in [0.25, 0.3) is 0 Å². The maximum atomic E-state index is 6.43. The standard InChI is InChI=1S/C32H33N7/c33-32-31-29(25-12-13-27-20-38(37-30(27)16-25)19-23-5-2-1-3-6-23)17-28(39(31)36-21-35-32)15-22-8-10-24(11-9-22)26-7-4-14-34-18-26/h1-3,5-6,8-11,16-17,20-21,26,34H,4,7,12-15,18-19H2,(H2,33,35,36). The van der Waals surface area contributed by atoms with E-state index in [2.05, 4.69) is 82.3 Å². The van der Waals surface area contributed by atoms with E-state index in [0.717, 1.165) is 61.4 Å². The number of allylic oxidation sites excluding steroid dienone is 1. The predicted molar refractivity (Wildman–Crippen MR) is 155 cm³/mol. The lowest BCUT2D eigenvalue weighted by molar-refractivity contribution is 0.461. The number of nitrogens with zero attached hydrogens (tertiary/aromatic N) is 5. The van der Waals surface area contributed by atoms with Crippen LogP contribution >= 0.6 is 0 Å². The van der Waals surface area contributed by atoms with Crippen molar-refractivity contribution >= 4 is 23.0 Å². The quantitative estimate of drug-likeness (QED) is 0.329. The topological polar surface area (TPSA) is 86.1 Å². The van der Waals surface area contributed by atoms with Crippen molar-refractivity contribution in [3.05, 3.63) is 112 Å². The Hall–Kier alpha value is -4.23. The highest BCUT2D eigenvalue weighted by Gasteiger charge is 2.22. The van der Waals surface area contributed by atoms with E-state index in [0.29, 0.717) is 11.7 Å². The van der Waals surface area contributed by atoms with Crippen LogP contribution in [0.4, 0.5) is 5.82 Å². The van der Waals surface area contributed by atoms with E-state index in [1.165, 1.54) is 40.7 Å². The highest BCUT2D eigenvalue weighted by Crippen LogP contribution is 2.35. The fraction of sp³-hybridized carbons (Fsp3) is 0.281. The van der Waals surface area contributed by atoms with Gasteiger partial charge in [0.05, 0.1) is 12.2 Å². The minimum absolute atomic E-state index is 0.507. The summed E-state index contributed by atoms with van der Waals surface area (Å²) >= 11 is 0. The molecule has 39 heavy (non-hydrogen) atoms. The minimum Gasteiger partial charge on any atom is -0.382 e. The first kappa shape index (κ1) is 23.9. The van der Waals surface area contributed by atoms with Crippen molar-refractivity contribution in [3.8, 4) is 0 Å². The molecule has 1 aliphatic carbocycles. The molecule has 7 nitrogen and oxygen atoms in total. The van der Waals surface area contributed by atoms with E-state index >= 15 is 0 Å². The van der Waals surface area contributed by atoms with E-state index in [4.69, 9.17) is 10.8 Å². The highest BCUT2D eigenvalue weighted by molar-refractivity contribution is 5.93. The first-order valence-electron chi connectivity index (χ1n) is 13.9. The van der Waals surface area contributed by atoms with Crippen molar-refractivity contribution in [2.45, 2.75) is 44.6 Å². The molecule has 0 amide bonds. The summed E-state index contributed by atoms with van der Waals surface area (Å²) in [6.07, 6.45) is 11.1. The number of benzene rings is 2. The molecule has 1 aliphatic heterocycles. The molecule has 7 heteroatoms. The fourth-order valence-corrected chi connectivity index (χ4v) is 6.12. The summed E-state index contributed by atoms with van der Waals surface area (Å²) in [6.45, 7) is 2.98. The fourth-order valence-electron chi connectivity index (χ4n) is 6.12. The van der Waals surface area contributed by atoms with Gasteiger partial charge in [-0.1, -0.05) is 54.6 Å². The van der Waals surface area contributed by atoms with Crippen LogP contribution < -0.4 is 11.1 Å². The first-order chi connectivity index (χ1) is 19.2. The van der Waals surface area contributed by atoms with Crippen LogP contribution in [-0.4, -0.2) is 37.5 Å². The zero-order valence-electron chi connectivity index (χ0n) is 22.1. The molecule has 0 spiro atoms. The summed E-state index contributed by atoms with van der Waals surface area (Å²) in [5.74, 6) is 1.12. The Kier molecular flexibility index (Phi) is 6.21. The SMILES string of the molecule is Nc1ncnn2c(Cc3ccc(C4CCCNC4)cc3)cc(C3=Cc4nn(Cc5ccccc5)cc4CC3)c12. The summed E-state index contributed by atoms with van der Waals surface area (Å²) in [5.41, 5.74) is 17.0. The third-order valence-corrected chi connectivity index (χ3v) is 8.17. The first-order valence-corrected chi connectivity index (χ1v) is 13.9. The third-order valence-electron chi connectivity index (χ3n) is 8.17. The molecule has 0 saturated carbocycles. The van der Waals surface area contributed by atoms with Gasteiger partial charge < -0.3 is 11.1 Å². The number of aryl methyl sites for hydroxylation is 1. The zero-order chi connectivity index (χ0) is 26.2. The molecule has 1 unspecified atom stereocenters. The van der Waals surface area contributed by atoms with E-state index < -0.39 is 0 Å². The number of aromatic nitrogens is 5. The van der Waals surface area contributed by atoms with E-state index in [1.54, 1.807) is 6.33 Å². The number of anilines is 1. The number of nitrogens with one attached hydrogen (secondary N) is 1.